The molecule has 2 N–H and O–H groups in total. The Hall–Kier alpha value is -3.67. The Morgan fingerprint density at radius 1 is 0.857 bits per heavy atom. The minimum absolute atomic E-state index is 0.0622. The maximum absolute atomic E-state index is 15.0. The second kappa shape index (κ2) is 12.3. The molecule has 1 aliphatic carbocycles. The third-order valence-corrected chi connectivity index (χ3v) is 8.96. The normalized spacial score (nSPS) is 19.5. The number of hydrogen-bond donors (Lipinski definition) is 2. The molecule has 1 saturated carbocycles. The number of rotatable bonds is 6. The van der Waals surface area contributed by atoms with Crippen LogP contribution >= 0.6 is 0 Å². The van der Waals surface area contributed by atoms with E-state index in [0.717, 1.165) is 16.9 Å². The smallest absolute Gasteiger partial charge is 0.257 e. The molecule has 5 rings (SSSR count). The number of halogens is 1. The van der Waals surface area contributed by atoms with Crippen molar-refractivity contribution in [1.29, 1.82) is 0 Å². The summed E-state index contributed by atoms with van der Waals surface area (Å²) in [6.45, 7) is 10.8. The van der Waals surface area contributed by atoms with Crippen molar-refractivity contribution >= 4 is 23.2 Å². The summed E-state index contributed by atoms with van der Waals surface area (Å²) in [6.07, 6.45) is 6.14. The molecular weight excluding hydrogens is 525 g/mol. The molecule has 1 aliphatic heterocycles. The average Bonchev–Trinajstić information content (AvgIpc) is 3.46. The predicted molar refractivity (Wildman–Crippen MR) is 168 cm³/mol. The van der Waals surface area contributed by atoms with Crippen molar-refractivity contribution in [3.63, 3.8) is 0 Å². The van der Waals surface area contributed by atoms with Crippen molar-refractivity contribution < 1.29 is 14.0 Å². The number of carbonyl (C=O) groups is 2. The van der Waals surface area contributed by atoms with Gasteiger partial charge in [-0.1, -0.05) is 63.9 Å². The summed E-state index contributed by atoms with van der Waals surface area (Å²) >= 11 is 0. The zero-order valence-electron chi connectivity index (χ0n) is 25.6. The van der Waals surface area contributed by atoms with Crippen molar-refractivity contribution in [3.05, 3.63) is 94.3 Å². The third-order valence-electron chi connectivity index (χ3n) is 8.96. The van der Waals surface area contributed by atoms with E-state index in [0.29, 0.717) is 31.0 Å². The number of piperidine rings is 1. The average molecular weight is 570 g/mol. The highest BCUT2D eigenvalue weighted by Gasteiger charge is 2.40. The number of hydrogen-bond acceptors (Lipinski definition) is 3. The fourth-order valence-electron chi connectivity index (χ4n) is 6.78. The Morgan fingerprint density at radius 3 is 2.21 bits per heavy atom. The van der Waals surface area contributed by atoms with Gasteiger partial charge in [-0.15, -0.1) is 0 Å². The summed E-state index contributed by atoms with van der Waals surface area (Å²) in [5.41, 5.74) is 5.64. The van der Waals surface area contributed by atoms with Crippen LogP contribution in [0.2, 0.25) is 0 Å². The molecule has 0 bridgehead atoms. The van der Waals surface area contributed by atoms with Crippen molar-refractivity contribution in [1.82, 2.24) is 4.90 Å². The Kier molecular flexibility index (Phi) is 8.72. The quantitative estimate of drug-likeness (QED) is 0.314. The molecular formula is C36H44FN3O2. The second-order valence-corrected chi connectivity index (χ2v) is 13.1. The van der Waals surface area contributed by atoms with Gasteiger partial charge in [0.25, 0.3) is 5.91 Å². The topological polar surface area (TPSA) is 61.4 Å². The highest BCUT2D eigenvalue weighted by Crippen LogP contribution is 2.39. The van der Waals surface area contributed by atoms with Crippen LogP contribution < -0.4 is 10.6 Å². The van der Waals surface area contributed by atoms with Crippen LogP contribution in [0.25, 0.3) is 0 Å². The molecule has 0 radical (unpaired) electrons. The molecule has 2 amide bonds. The molecule has 0 spiro atoms. The largest absolute Gasteiger partial charge is 0.382 e. The zero-order valence-corrected chi connectivity index (χ0v) is 25.6. The van der Waals surface area contributed by atoms with Crippen LogP contribution in [0.3, 0.4) is 0 Å². The van der Waals surface area contributed by atoms with E-state index in [2.05, 4.69) is 44.4 Å². The summed E-state index contributed by atoms with van der Waals surface area (Å²) in [6, 6.07) is 18.8. The van der Waals surface area contributed by atoms with Crippen molar-refractivity contribution in [2.75, 3.05) is 17.2 Å². The molecule has 3 aromatic carbocycles. The fraction of sp³-hybridized carbons (Fsp3) is 0.444. The molecule has 222 valence electrons. The lowest BCUT2D eigenvalue weighted by Crippen LogP contribution is -2.46. The lowest BCUT2D eigenvalue weighted by Gasteiger charge is -2.41. The van der Waals surface area contributed by atoms with Crippen LogP contribution in [-0.2, 0) is 10.2 Å². The number of amides is 2. The van der Waals surface area contributed by atoms with E-state index in [4.69, 9.17) is 0 Å². The molecule has 2 fully saturated rings. The second-order valence-electron chi connectivity index (χ2n) is 13.1. The number of nitrogens with one attached hydrogen (secondary N) is 2. The summed E-state index contributed by atoms with van der Waals surface area (Å²) in [4.78, 5) is 29.7. The first-order chi connectivity index (χ1) is 20.0. The van der Waals surface area contributed by atoms with Gasteiger partial charge in [-0.25, -0.2) is 4.39 Å². The molecule has 2 aliphatic rings. The molecule has 2 unspecified atom stereocenters. The van der Waals surface area contributed by atoms with Gasteiger partial charge in [-0.2, -0.15) is 0 Å². The SMILES string of the molecule is Cc1ccc(NC(=O)C2CCCN(C(=O)c3c(C)cccc3F)C2c2ccc(NC3CCCC3)cc2)cc1C(C)(C)C. The van der Waals surface area contributed by atoms with Crippen LogP contribution in [0.5, 0.6) is 0 Å². The number of aryl methyl sites for hydroxylation is 2. The lowest BCUT2D eigenvalue weighted by atomic mass is 9.82. The van der Waals surface area contributed by atoms with Gasteiger partial charge in [0.05, 0.1) is 17.5 Å². The summed E-state index contributed by atoms with van der Waals surface area (Å²) < 4.78 is 15.0. The Morgan fingerprint density at radius 2 is 1.55 bits per heavy atom. The first-order valence-electron chi connectivity index (χ1n) is 15.4. The van der Waals surface area contributed by atoms with E-state index in [1.807, 2.05) is 36.4 Å². The Labute approximate surface area is 249 Å². The van der Waals surface area contributed by atoms with E-state index >= 15 is 4.39 Å². The zero-order chi connectivity index (χ0) is 30.0. The van der Waals surface area contributed by atoms with Gasteiger partial charge in [0.15, 0.2) is 0 Å². The van der Waals surface area contributed by atoms with Gasteiger partial charge in [-0.3, -0.25) is 9.59 Å². The molecule has 42 heavy (non-hydrogen) atoms. The Bertz CT molecular complexity index is 1420. The molecule has 1 heterocycles. The lowest BCUT2D eigenvalue weighted by molar-refractivity contribution is -0.123. The standard InChI is InChI=1S/C36H44FN3O2/c1-23-15-18-28(22-30(23)36(3,4)5)39-34(41)29-13-9-21-40(35(42)32-24(2)10-8-14-31(32)37)33(29)25-16-19-27(20-17-25)38-26-11-6-7-12-26/h8,10,14-20,22,26,29,33,38H,6-7,9,11-13,21H2,1-5H3,(H,39,41). The third kappa shape index (κ3) is 6.38. The number of nitrogens with zero attached hydrogens (tertiary/aromatic N) is 1. The maximum atomic E-state index is 15.0. The van der Waals surface area contributed by atoms with Crippen molar-refractivity contribution in [2.45, 2.75) is 90.6 Å². The first kappa shape index (κ1) is 29.8. The van der Waals surface area contributed by atoms with Gasteiger partial charge < -0.3 is 15.5 Å². The molecule has 5 nitrogen and oxygen atoms in total. The minimum atomic E-state index is -0.532. The number of carbonyl (C=O) groups excluding carboxylic acids is 2. The van der Waals surface area contributed by atoms with Gasteiger partial charge in [0, 0.05) is 24.0 Å². The van der Waals surface area contributed by atoms with Crippen molar-refractivity contribution in [2.24, 2.45) is 5.92 Å². The van der Waals surface area contributed by atoms with E-state index in [-0.39, 0.29) is 22.8 Å². The van der Waals surface area contributed by atoms with Gasteiger partial charge in [0.1, 0.15) is 5.82 Å². The van der Waals surface area contributed by atoms with Crippen LogP contribution in [0.1, 0.15) is 97.9 Å². The highest BCUT2D eigenvalue weighted by molar-refractivity contribution is 5.98. The molecule has 2 atom stereocenters. The van der Waals surface area contributed by atoms with Gasteiger partial charge in [-0.05, 0) is 97.5 Å². The van der Waals surface area contributed by atoms with E-state index in [1.165, 1.54) is 42.9 Å². The predicted octanol–water partition coefficient (Wildman–Crippen LogP) is 8.33. The first-order valence-corrected chi connectivity index (χ1v) is 15.4. The molecule has 6 heteroatoms. The van der Waals surface area contributed by atoms with Crippen LogP contribution in [0, 0.1) is 25.6 Å². The highest BCUT2D eigenvalue weighted by atomic mass is 19.1. The summed E-state index contributed by atoms with van der Waals surface area (Å²) in [5, 5.41) is 6.79. The fourth-order valence-corrected chi connectivity index (χ4v) is 6.78. The van der Waals surface area contributed by atoms with Gasteiger partial charge >= 0.3 is 0 Å². The number of likely N-dealkylation sites (tertiary alicyclic amines) is 1. The molecule has 3 aromatic rings. The van der Waals surface area contributed by atoms with E-state index < -0.39 is 17.8 Å². The number of anilines is 2. The minimum Gasteiger partial charge on any atom is -0.382 e. The Balaban J connectivity index is 1.48. The molecule has 0 aromatic heterocycles. The van der Waals surface area contributed by atoms with E-state index in [9.17, 15) is 9.59 Å². The summed E-state index contributed by atoms with van der Waals surface area (Å²) in [5.74, 6) is -1.51. The van der Waals surface area contributed by atoms with Crippen LogP contribution in [0.4, 0.5) is 15.8 Å². The maximum Gasteiger partial charge on any atom is 0.257 e. The number of benzene rings is 3. The van der Waals surface area contributed by atoms with Crippen molar-refractivity contribution in [3.8, 4) is 0 Å². The monoisotopic (exact) mass is 569 g/mol. The van der Waals surface area contributed by atoms with Crippen LogP contribution in [0.15, 0.2) is 60.7 Å². The van der Waals surface area contributed by atoms with Crippen LogP contribution in [-0.4, -0.2) is 29.3 Å². The molecule has 1 saturated heterocycles. The summed E-state index contributed by atoms with van der Waals surface area (Å²) in [7, 11) is 0. The van der Waals surface area contributed by atoms with Gasteiger partial charge in [0.2, 0.25) is 5.91 Å². The van der Waals surface area contributed by atoms with E-state index in [1.54, 1.807) is 24.0 Å².